The van der Waals surface area contributed by atoms with Crippen LogP contribution in [0.2, 0.25) is 0 Å². The zero-order valence-corrected chi connectivity index (χ0v) is 11.7. The van der Waals surface area contributed by atoms with Crippen molar-refractivity contribution < 1.29 is 18.6 Å². The Labute approximate surface area is 114 Å². The summed E-state index contributed by atoms with van der Waals surface area (Å²) >= 11 is 0. The highest BCUT2D eigenvalue weighted by atomic mass is 19.2. The van der Waals surface area contributed by atoms with Gasteiger partial charge in [-0.3, -0.25) is 0 Å². The second kappa shape index (κ2) is 6.98. The van der Waals surface area contributed by atoms with E-state index >= 15 is 0 Å². The van der Waals surface area contributed by atoms with E-state index in [9.17, 15) is 13.9 Å². The number of alkyl halides is 2. The van der Waals surface area contributed by atoms with Crippen molar-refractivity contribution in [2.75, 3.05) is 6.61 Å². The van der Waals surface area contributed by atoms with Crippen LogP contribution < -0.4 is 0 Å². The van der Waals surface area contributed by atoms with Crippen molar-refractivity contribution >= 4 is 0 Å². The highest BCUT2D eigenvalue weighted by molar-refractivity contribution is 4.89. The van der Waals surface area contributed by atoms with Crippen LogP contribution in [0.3, 0.4) is 0 Å². The topological polar surface area (TPSA) is 29.5 Å². The standard InChI is InChI=1S/C15H26F2O2/c1-2-10-3-5-11(6-4-10)9-19-13-8-7-12(18)14(16)15(13)17/h10-15,18H,2-9H2,1H3. The summed E-state index contributed by atoms with van der Waals surface area (Å²) in [7, 11) is 0. The van der Waals surface area contributed by atoms with E-state index in [0.717, 1.165) is 18.8 Å². The molecule has 2 fully saturated rings. The van der Waals surface area contributed by atoms with Crippen LogP contribution in [0.5, 0.6) is 0 Å². The van der Waals surface area contributed by atoms with Crippen LogP contribution in [0, 0.1) is 11.8 Å². The number of aliphatic hydroxyl groups excluding tert-OH is 1. The van der Waals surface area contributed by atoms with Gasteiger partial charge in [0.25, 0.3) is 0 Å². The molecule has 0 aromatic rings. The lowest BCUT2D eigenvalue weighted by Crippen LogP contribution is -2.45. The Hall–Kier alpha value is -0.220. The normalized spacial score (nSPS) is 44.2. The average Bonchev–Trinajstić information content (AvgIpc) is 2.45. The molecule has 0 amide bonds. The van der Waals surface area contributed by atoms with E-state index in [-0.39, 0.29) is 0 Å². The fraction of sp³-hybridized carbons (Fsp3) is 1.00. The summed E-state index contributed by atoms with van der Waals surface area (Å²) in [4.78, 5) is 0. The Kier molecular flexibility index (Phi) is 5.58. The van der Waals surface area contributed by atoms with E-state index in [4.69, 9.17) is 4.74 Å². The van der Waals surface area contributed by atoms with E-state index in [0.29, 0.717) is 25.4 Å². The molecule has 0 heterocycles. The first kappa shape index (κ1) is 15.2. The van der Waals surface area contributed by atoms with Crippen LogP contribution in [0.15, 0.2) is 0 Å². The third-order valence-corrected chi connectivity index (χ3v) is 4.86. The lowest BCUT2D eigenvalue weighted by molar-refractivity contribution is -0.106. The van der Waals surface area contributed by atoms with Gasteiger partial charge in [0.05, 0.1) is 12.2 Å². The van der Waals surface area contributed by atoms with Crippen LogP contribution in [-0.4, -0.2) is 36.3 Å². The Morgan fingerprint density at radius 2 is 1.58 bits per heavy atom. The maximum atomic E-state index is 13.7. The van der Waals surface area contributed by atoms with E-state index in [1.807, 2.05) is 0 Å². The molecular weight excluding hydrogens is 250 g/mol. The van der Waals surface area contributed by atoms with Gasteiger partial charge in [-0.2, -0.15) is 0 Å². The largest absolute Gasteiger partial charge is 0.390 e. The van der Waals surface area contributed by atoms with Gasteiger partial charge >= 0.3 is 0 Å². The van der Waals surface area contributed by atoms with Crippen LogP contribution in [0.4, 0.5) is 8.78 Å². The molecule has 1 N–H and O–H groups in total. The molecule has 112 valence electrons. The summed E-state index contributed by atoms with van der Waals surface area (Å²) in [6, 6.07) is 0. The minimum absolute atomic E-state index is 0.300. The Bertz CT molecular complexity index is 267. The average molecular weight is 276 g/mol. The monoisotopic (exact) mass is 276 g/mol. The summed E-state index contributed by atoms with van der Waals surface area (Å²) in [6.07, 6.45) is 1.44. The third-order valence-electron chi connectivity index (χ3n) is 4.86. The summed E-state index contributed by atoms with van der Waals surface area (Å²) in [5.74, 6) is 1.34. The van der Waals surface area contributed by atoms with E-state index in [1.54, 1.807) is 0 Å². The Morgan fingerprint density at radius 3 is 2.21 bits per heavy atom. The Balaban J connectivity index is 1.71. The Morgan fingerprint density at radius 1 is 0.947 bits per heavy atom. The minimum Gasteiger partial charge on any atom is -0.390 e. The van der Waals surface area contributed by atoms with Gasteiger partial charge in [-0.15, -0.1) is 0 Å². The number of aliphatic hydroxyl groups is 1. The highest BCUT2D eigenvalue weighted by Crippen LogP contribution is 2.32. The van der Waals surface area contributed by atoms with Crippen LogP contribution in [-0.2, 0) is 4.74 Å². The molecule has 0 bridgehead atoms. The van der Waals surface area contributed by atoms with Gasteiger partial charge in [-0.25, -0.2) is 8.78 Å². The van der Waals surface area contributed by atoms with E-state index < -0.39 is 24.6 Å². The first-order valence-electron chi connectivity index (χ1n) is 7.69. The molecule has 0 aromatic carbocycles. The SMILES string of the molecule is CCC1CCC(COC2CCC(O)C(F)C2F)CC1. The number of ether oxygens (including phenoxy) is 1. The second-order valence-corrected chi connectivity index (χ2v) is 6.20. The van der Waals surface area contributed by atoms with Gasteiger partial charge in [0.2, 0.25) is 0 Å². The van der Waals surface area contributed by atoms with Gasteiger partial charge in [0.15, 0.2) is 12.3 Å². The molecule has 2 rings (SSSR count). The smallest absolute Gasteiger partial charge is 0.160 e. The first-order valence-corrected chi connectivity index (χ1v) is 7.69. The molecule has 19 heavy (non-hydrogen) atoms. The van der Waals surface area contributed by atoms with Crippen molar-refractivity contribution in [3.05, 3.63) is 0 Å². The molecule has 2 aliphatic rings. The summed E-state index contributed by atoms with van der Waals surface area (Å²) < 4.78 is 32.7. The molecule has 4 atom stereocenters. The fourth-order valence-electron chi connectivity index (χ4n) is 3.31. The van der Waals surface area contributed by atoms with Gasteiger partial charge in [0.1, 0.15) is 0 Å². The van der Waals surface area contributed by atoms with Gasteiger partial charge in [-0.1, -0.05) is 26.2 Å². The minimum atomic E-state index is -1.78. The van der Waals surface area contributed by atoms with E-state index in [2.05, 4.69) is 6.92 Å². The maximum absolute atomic E-state index is 13.7. The molecule has 4 unspecified atom stereocenters. The second-order valence-electron chi connectivity index (χ2n) is 6.20. The van der Waals surface area contributed by atoms with Crippen molar-refractivity contribution in [2.24, 2.45) is 11.8 Å². The lowest BCUT2D eigenvalue weighted by Gasteiger charge is -2.34. The summed E-state index contributed by atoms with van der Waals surface area (Å²) in [5.41, 5.74) is 0. The molecular formula is C15H26F2O2. The predicted octanol–water partition coefficient (Wildman–Crippen LogP) is 3.42. The van der Waals surface area contributed by atoms with E-state index in [1.165, 1.54) is 19.3 Å². The van der Waals surface area contributed by atoms with Crippen molar-refractivity contribution in [3.63, 3.8) is 0 Å². The van der Waals surface area contributed by atoms with Crippen LogP contribution >= 0.6 is 0 Å². The maximum Gasteiger partial charge on any atom is 0.160 e. The zero-order valence-electron chi connectivity index (χ0n) is 11.7. The first-order chi connectivity index (χ1) is 9.11. The zero-order chi connectivity index (χ0) is 13.8. The number of halogens is 2. The molecule has 4 heteroatoms. The lowest BCUT2D eigenvalue weighted by atomic mass is 9.81. The fourth-order valence-corrected chi connectivity index (χ4v) is 3.31. The molecule has 0 spiro atoms. The molecule has 2 saturated carbocycles. The van der Waals surface area contributed by atoms with Gasteiger partial charge < -0.3 is 9.84 Å². The third kappa shape index (κ3) is 3.88. The summed E-state index contributed by atoms with van der Waals surface area (Å²) in [5, 5.41) is 9.27. The van der Waals surface area contributed by atoms with Crippen molar-refractivity contribution in [2.45, 2.75) is 76.4 Å². The number of hydrogen-bond acceptors (Lipinski definition) is 2. The van der Waals surface area contributed by atoms with Crippen molar-refractivity contribution in [1.29, 1.82) is 0 Å². The van der Waals surface area contributed by atoms with Crippen LogP contribution in [0.25, 0.3) is 0 Å². The quantitative estimate of drug-likeness (QED) is 0.852. The molecule has 0 aliphatic heterocycles. The summed E-state index contributed by atoms with van der Waals surface area (Å²) in [6.45, 7) is 2.77. The molecule has 0 aromatic heterocycles. The molecule has 2 aliphatic carbocycles. The van der Waals surface area contributed by atoms with Crippen molar-refractivity contribution in [1.82, 2.24) is 0 Å². The van der Waals surface area contributed by atoms with Gasteiger partial charge in [0, 0.05) is 6.61 Å². The molecule has 0 radical (unpaired) electrons. The molecule has 0 saturated heterocycles. The van der Waals surface area contributed by atoms with Crippen LogP contribution in [0.1, 0.15) is 51.9 Å². The highest BCUT2D eigenvalue weighted by Gasteiger charge is 2.40. The number of hydrogen-bond donors (Lipinski definition) is 1. The number of rotatable bonds is 4. The predicted molar refractivity (Wildman–Crippen MR) is 70.5 cm³/mol. The van der Waals surface area contributed by atoms with Crippen molar-refractivity contribution in [3.8, 4) is 0 Å². The molecule has 2 nitrogen and oxygen atoms in total. The van der Waals surface area contributed by atoms with Gasteiger partial charge in [-0.05, 0) is 37.5 Å².